The Morgan fingerprint density at radius 2 is 1.92 bits per heavy atom. The van der Waals surface area contributed by atoms with Crippen molar-refractivity contribution in [3.8, 4) is 0 Å². The van der Waals surface area contributed by atoms with E-state index in [9.17, 15) is 13.2 Å². The number of anilines is 1. The number of hydrogen-bond acceptors (Lipinski definition) is 4. The molecule has 0 atom stereocenters. The van der Waals surface area contributed by atoms with E-state index in [0.717, 1.165) is 12.8 Å². The molecule has 2 heterocycles. The van der Waals surface area contributed by atoms with Crippen molar-refractivity contribution in [2.24, 2.45) is 11.7 Å². The fourth-order valence-corrected chi connectivity index (χ4v) is 4.83. The number of amides is 1. The van der Waals surface area contributed by atoms with Gasteiger partial charge in [0.25, 0.3) is 5.91 Å². The zero-order chi connectivity index (χ0) is 16.4. The lowest BCUT2D eigenvalue weighted by Crippen LogP contribution is -2.40. The molecular weight excluding hydrogens is 350 g/mol. The summed E-state index contributed by atoms with van der Waals surface area (Å²) in [6.07, 6.45) is 2.50. The summed E-state index contributed by atoms with van der Waals surface area (Å²) >= 11 is 0. The fourth-order valence-electron chi connectivity index (χ4n) is 3.28. The number of nitrogens with zero attached hydrogens (tertiary/aromatic N) is 2. The molecule has 8 heteroatoms. The Morgan fingerprint density at radius 1 is 1.21 bits per heavy atom. The Kier molecular flexibility index (Phi) is 6.11. The molecule has 2 aliphatic rings. The molecule has 0 bridgehead atoms. The number of halogens is 1. The van der Waals surface area contributed by atoms with Crippen molar-refractivity contribution in [3.63, 3.8) is 0 Å². The van der Waals surface area contributed by atoms with Crippen molar-refractivity contribution in [1.82, 2.24) is 4.90 Å². The summed E-state index contributed by atoms with van der Waals surface area (Å²) in [4.78, 5) is 14.5. The second-order valence-corrected chi connectivity index (χ2v) is 8.28. The Morgan fingerprint density at radius 3 is 2.50 bits per heavy atom. The number of piperidine rings is 1. The number of rotatable bonds is 3. The molecule has 1 aromatic rings. The zero-order valence-corrected chi connectivity index (χ0v) is 15.2. The van der Waals surface area contributed by atoms with Crippen LogP contribution < -0.4 is 10.0 Å². The van der Waals surface area contributed by atoms with Crippen molar-refractivity contribution < 1.29 is 13.2 Å². The molecule has 3 rings (SSSR count). The number of nitrogens with two attached hydrogens (primary N) is 1. The average Bonchev–Trinajstić information content (AvgIpc) is 2.93. The van der Waals surface area contributed by atoms with E-state index in [-0.39, 0.29) is 24.1 Å². The third-order valence-electron chi connectivity index (χ3n) is 4.72. The van der Waals surface area contributed by atoms with Gasteiger partial charge in [-0.2, -0.15) is 0 Å². The lowest BCUT2D eigenvalue weighted by molar-refractivity contribution is 0.0693. The van der Waals surface area contributed by atoms with E-state index in [2.05, 4.69) is 0 Å². The first-order valence-electron chi connectivity index (χ1n) is 8.11. The Hall–Kier alpha value is -1.31. The highest BCUT2D eigenvalue weighted by Gasteiger charge is 2.29. The van der Waals surface area contributed by atoms with Gasteiger partial charge in [-0.05, 0) is 49.9 Å². The third kappa shape index (κ3) is 3.84. The minimum atomic E-state index is -3.22. The van der Waals surface area contributed by atoms with Gasteiger partial charge in [0, 0.05) is 25.2 Å². The van der Waals surface area contributed by atoms with Crippen molar-refractivity contribution >= 4 is 34.0 Å². The minimum absolute atomic E-state index is 0. The van der Waals surface area contributed by atoms with E-state index in [1.807, 2.05) is 4.90 Å². The minimum Gasteiger partial charge on any atom is -0.339 e. The van der Waals surface area contributed by atoms with Crippen molar-refractivity contribution in [2.45, 2.75) is 19.3 Å². The molecule has 0 saturated carbocycles. The van der Waals surface area contributed by atoms with E-state index >= 15 is 0 Å². The number of carbonyl (C=O) groups excluding carboxylic acids is 1. The molecule has 1 aromatic carbocycles. The van der Waals surface area contributed by atoms with Crippen molar-refractivity contribution in [2.75, 3.05) is 36.2 Å². The summed E-state index contributed by atoms with van der Waals surface area (Å²) in [6.45, 7) is 2.59. The van der Waals surface area contributed by atoms with Gasteiger partial charge >= 0.3 is 0 Å². The molecule has 6 nitrogen and oxygen atoms in total. The van der Waals surface area contributed by atoms with E-state index in [1.165, 1.54) is 4.31 Å². The van der Waals surface area contributed by atoms with E-state index in [1.54, 1.807) is 24.3 Å². The predicted molar refractivity (Wildman–Crippen MR) is 97.1 cm³/mol. The van der Waals surface area contributed by atoms with Crippen molar-refractivity contribution in [1.29, 1.82) is 0 Å². The van der Waals surface area contributed by atoms with Gasteiger partial charge in [0.05, 0.1) is 11.4 Å². The molecule has 2 aliphatic heterocycles. The summed E-state index contributed by atoms with van der Waals surface area (Å²) in [6, 6.07) is 6.95. The Balaban J connectivity index is 0.00000208. The summed E-state index contributed by atoms with van der Waals surface area (Å²) in [7, 11) is -3.22. The molecule has 0 aliphatic carbocycles. The van der Waals surface area contributed by atoms with Gasteiger partial charge in [0.15, 0.2) is 0 Å². The van der Waals surface area contributed by atoms with Gasteiger partial charge in [-0.25, -0.2) is 8.42 Å². The van der Waals surface area contributed by atoms with Crippen LogP contribution in [0.5, 0.6) is 0 Å². The lowest BCUT2D eigenvalue weighted by atomic mass is 9.96. The second-order valence-electron chi connectivity index (χ2n) is 6.26. The molecule has 134 valence electrons. The van der Waals surface area contributed by atoms with E-state index in [4.69, 9.17) is 5.73 Å². The number of likely N-dealkylation sites (tertiary alicyclic amines) is 1. The smallest absolute Gasteiger partial charge is 0.253 e. The van der Waals surface area contributed by atoms with Crippen LogP contribution in [0.25, 0.3) is 0 Å². The maximum atomic E-state index is 12.6. The van der Waals surface area contributed by atoms with Gasteiger partial charge in [0.2, 0.25) is 10.0 Å². The van der Waals surface area contributed by atoms with Crippen LogP contribution in [-0.4, -0.2) is 51.2 Å². The number of hydrogen-bond donors (Lipinski definition) is 1. The molecule has 0 aromatic heterocycles. The van der Waals surface area contributed by atoms with Crippen LogP contribution in [0.3, 0.4) is 0 Å². The number of carbonyl (C=O) groups is 1. The molecule has 0 spiro atoms. The van der Waals surface area contributed by atoms with Gasteiger partial charge in [-0.15, -0.1) is 12.4 Å². The van der Waals surface area contributed by atoms with Gasteiger partial charge in [0.1, 0.15) is 0 Å². The number of sulfonamides is 1. The standard InChI is InChI=1S/C16H23N3O3S.ClH/c17-12-13-5-8-18(9-6-13)16(20)14-3-1-4-15(11-14)19-7-2-10-23(19,21)22;/h1,3-4,11,13H,2,5-10,12,17H2;1H. The summed E-state index contributed by atoms with van der Waals surface area (Å²) in [5.41, 5.74) is 6.82. The Labute approximate surface area is 149 Å². The van der Waals surface area contributed by atoms with Gasteiger partial charge < -0.3 is 10.6 Å². The molecule has 2 saturated heterocycles. The van der Waals surface area contributed by atoms with Crippen LogP contribution in [0, 0.1) is 5.92 Å². The molecule has 2 fully saturated rings. The first kappa shape index (κ1) is 19.0. The molecule has 24 heavy (non-hydrogen) atoms. The van der Waals surface area contributed by atoms with E-state index < -0.39 is 10.0 Å². The SMILES string of the molecule is Cl.NCC1CCN(C(=O)c2cccc(N3CCCS3(=O)=O)c2)CC1. The summed E-state index contributed by atoms with van der Waals surface area (Å²) in [5, 5.41) is 0. The van der Waals surface area contributed by atoms with Crippen LogP contribution in [0.1, 0.15) is 29.6 Å². The molecule has 0 unspecified atom stereocenters. The maximum Gasteiger partial charge on any atom is 0.253 e. The quantitative estimate of drug-likeness (QED) is 0.869. The van der Waals surface area contributed by atoms with Crippen molar-refractivity contribution in [3.05, 3.63) is 29.8 Å². The molecule has 1 amide bonds. The third-order valence-corrected chi connectivity index (χ3v) is 6.58. The highest BCUT2D eigenvalue weighted by Crippen LogP contribution is 2.26. The normalized spacial score (nSPS) is 20.7. The van der Waals surface area contributed by atoms with Crippen LogP contribution in [-0.2, 0) is 10.0 Å². The molecule has 2 N–H and O–H groups in total. The molecular formula is C16H24ClN3O3S. The van der Waals surface area contributed by atoms with E-state index in [0.29, 0.717) is 49.8 Å². The predicted octanol–water partition coefficient (Wildman–Crippen LogP) is 1.46. The lowest BCUT2D eigenvalue weighted by Gasteiger charge is -2.31. The Bertz CT molecular complexity index is 688. The first-order chi connectivity index (χ1) is 11.0. The molecule has 0 radical (unpaired) electrons. The highest BCUT2D eigenvalue weighted by molar-refractivity contribution is 7.93. The van der Waals surface area contributed by atoms with Crippen LogP contribution in [0.4, 0.5) is 5.69 Å². The second kappa shape index (κ2) is 7.72. The van der Waals surface area contributed by atoms with Crippen LogP contribution in [0.15, 0.2) is 24.3 Å². The average molecular weight is 374 g/mol. The zero-order valence-electron chi connectivity index (χ0n) is 13.6. The van der Waals surface area contributed by atoms with Crippen LogP contribution in [0.2, 0.25) is 0 Å². The van der Waals surface area contributed by atoms with Crippen LogP contribution >= 0.6 is 12.4 Å². The monoisotopic (exact) mass is 373 g/mol. The summed E-state index contributed by atoms with van der Waals surface area (Å²) < 4.78 is 25.5. The maximum absolute atomic E-state index is 12.6. The number of benzene rings is 1. The topological polar surface area (TPSA) is 83.7 Å². The summed E-state index contributed by atoms with van der Waals surface area (Å²) in [5.74, 6) is 0.650. The van der Waals surface area contributed by atoms with Gasteiger partial charge in [-0.1, -0.05) is 6.07 Å². The fraction of sp³-hybridized carbons (Fsp3) is 0.562. The first-order valence-corrected chi connectivity index (χ1v) is 9.72. The largest absolute Gasteiger partial charge is 0.339 e. The highest BCUT2D eigenvalue weighted by atomic mass is 35.5. The van der Waals surface area contributed by atoms with Gasteiger partial charge in [-0.3, -0.25) is 9.10 Å².